The fourth-order valence-corrected chi connectivity index (χ4v) is 6.55. The van der Waals surface area contributed by atoms with E-state index < -0.39 is 97.3 Å². The summed E-state index contributed by atoms with van der Waals surface area (Å²) in [5, 5.41) is 94.9. The van der Waals surface area contributed by atoms with Crippen molar-refractivity contribution in [3.8, 4) is 0 Å². The van der Waals surface area contributed by atoms with E-state index in [2.05, 4.69) is 0 Å². The number of carboxylic acid groups (broad SMARTS) is 1. The maximum atomic E-state index is 12.5. The molecule has 0 aromatic rings. The zero-order valence-corrected chi connectivity index (χ0v) is 31.8. The molecule has 54 heavy (non-hydrogen) atoms. The van der Waals surface area contributed by atoms with Crippen LogP contribution in [0.3, 0.4) is 0 Å². The number of cyclic esters (lactones) is 1. The van der Waals surface area contributed by atoms with Crippen molar-refractivity contribution in [3.05, 3.63) is 72.9 Å². The van der Waals surface area contributed by atoms with Gasteiger partial charge in [-0.1, -0.05) is 86.8 Å². The molecule has 2 bridgehead atoms. The fourth-order valence-electron chi connectivity index (χ4n) is 6.55. The smallest absolute Gasteiger partial charge is 0.309 e. The number of esters is 1. The largest absolute Gasteiger partial charge is 0.481 e. The van der Waals surface area contributed by atoms with E-state index in [1.807, 2.05) is 55.5 Å². The summed E-state index contributed by atoms with van der Waals surface area (Å²) in [4.78, 5) is 24.4. The van der Waals surface area contributed by atoms with Crippen LogP contribution in [0.2, 0.25) is 0 Å². The van der Waals surface area contributed by atoms with Crippen LogP contribution in [0.15, 0.2) is 72.9 Å². The molecule has 2 aliphatic rings. The zero-order chi connectivity index (χ0) is 40.3. The standard InChI is InChI=1S/C41H64O13/c1-27-16-14-12-10-8-6-4-5-7-9-11-13-15-17-30(42)24-37-34(40(50)51)20-21-41(52,54-37)26-36(47)35(46)19-18-31(43)22-32(44)23-33(45)25-38(48)53-29(3)28(2)39(27)49/h4-5,7,9-17,27-37,39,42-47,49,52H,6,8,18-26H2,1-3H3,(H,50,51)/t27-,28-,29-,30-,31+,32+,33+,34+,35+,36+,37-,39+,41-/m0/s1. The third kappa shape index (κ3) is 18.1. The predicted molar refractivity (Wildman–Crippen MR) is 203 cm³/mol. The average molecular weight is 765 g/mol. The van der Waals surface area contributed by atoms with Crippen molar-refractivity contribution in [2.75, 3.05) is 0 Å². The Bertz CT molecular complexity index is 1290. The summed E-state index contributed by atoms with van der Waals surface area (Å²) < 4.78 is 11.2. The van der Waals surface area contributed by atoms with Crippen LogP contribution in [0.1, 0.15) is 91.4 Å². The quantitative estimate of drug-likeness (QED) is 0.175. The molecule has 0 aliphatic carbocycles. The lowest BCUT2D eigenvalue weighted by atomic mass is 9.85. The van der Waals surface area contributed by atoms with Crippen LogP contribution >= 0.6 is 0 Å². The number of aliphatic hydroxyl groups is 8. The van der Waals surface area contributed by atoms with Crippen LogP contribution in [0.5, 0.6) is 0 Å². The van der Waals surface area contributed by atoms with Gasteiger partial charge < -0.3 is 55.4 Å². The second-order valence-electron chi connectivity index (χ2n) is 14.8. The monoisotopic (exact) mass is 764 g/mol. The highest BCUT2D eigenvalue weighted by molar-refractivity contribution is 5.71. The minimum Gasteiger partial charge on any atom is -0.481 e. The normalized spacial score (nSPS) is 38.5. The number of allylic oxidation sites excluding steroid dienone is 10. The molecule has 0 unspecified atom stereocenters. The highest BCUT2D eigenvalue weighted by Gasteiger charge is 2.45. The van der Waals surface area contributed by atoms with E-state index in [0.717, 1.165) is 12.8 Å². The number of carbonyl (C=O) groups is 2. The van der Waals surface area contributed by atoms with E-state index in [1.54, 1.807) is 32.1 Å². The van der Waals surface area contributed by atoms with Gasteiger partial charge in [0.1, 0.15) is 6.10 Å². The number of carbonyl (C=O) groups excluding carboxylic acids is 1. The first kappa shape index (κ1) is 47.2. The van der Waals surface area contributed by atoms with Gasteiger partial charge in [0.25, 0.3) is 0 Å². The molecule has 1 fully saturated rings. The molecule has 9 N–H and O–H groups in total. The lowest BCUT2D eigenvalue weighted by Crippen LogP contribution is -2.50. The van der Waals surface area contributed by atoms with Crippen LogP contribution in [0, 0.1) is 17.8 Å². The number of hydrogen-bond donors (Lipinski definition) is 9. The fraction of sp³-hybridized carbons (Fsp3) is 0.659. The van der Waals surface area contributed by atoms with Gasteiger partial charge in [0.05, 0.1) is 61.2 Å². The van der Waals surface area contributed by atoms with Gasteiger partial charge in [-0.3, -0.25) is 9.59 Å². The van der Waals surface area contributed by atoms with Gasteiger partial charge >= 0.3 is 11.9 Å². The van der Waals surface area contributed by atoms with E-state index in [-0.39, 0.29) is 50.9 Å². The van der Waals surface area contributed by atoms with E-state index >= 15 is 0 Å². The highest BCUT2D eigenvalue weighted by atomic mass is 16.6. The first-order chi connectivity index (χ1) is 25.5. The van der Waals surface area contributed by atoms with Crippen LogP contribution in [0.25, 0.3) is 0 Å². The number of hydrogen-bond acceptors (Lipinski definition) is 12. The molecule has 2 heterocycles. The van der Waals surface area contributed by atoms with E-state index in [9.17, 15) is 55.5 Å². The first-order valence-electron chi connectivity index (χ1n) is 19.1. The Morgan fingerprint density at radius 1 is 0.722 bits per heavy atom. The summed E-state index contributed by atoms with van der Waals surface area (Å²) in [5.41, 5.74) is 0. The summed E-state index contributed by atoms with van der Waals surface area (Å²) in [6, 6.07) is 0. The Morgan fingerprint density at radius 2 is 1.31 bits per heavy atom. The minimum absolute atomic E-state index is 0.0159. The van der Waals surface area contributed by atoms with Gasteiger partial charge in [0, 0.05) is 31.1 Å². The average Bonchev–Trinajstić information content (AvgIpc) is 3.08. The van der Waals surface area contributed by atoms with Crippen molar-refractivity contribution in [3.63, 3.8) is 0 Å². The van der Waals surface area contributed by atoms with Gasteiger partial charge in [-0.25, -0.2) is 0 Å². The van der Waals surface area contributed by atoms with Crippen molar-refractivity contribution in [2.45, 2.75) is 152 Å². The number of carboxylic acids is 1. The molecule has 0 aromatic carbocycles. The maximum Gasteiger partial charge on any atom is 0.309 e. The number of aliphatic carboxylic acids is 1. The maximum absolute atomic E-state index is 12.5. The molecule has 0 radical (unpaired) electrons. The van der Waals surface area contributed by atoms with Crippen LogP contribution in [-0.4, -0.2) is 119 Å². The first-order valence-corrected chi connectivity index (χ1v) is 19.1. The Labute approximate surface area is 319 Å². The molecule has 0 aromatic heterocycles. The molecule has 13 nitrogen and oxygen atoms in total. The predicted octanol–water partition coefficient (Wildman–Crippen LogP) is 3.15. The molecule has 2 rings (SSSR count). The lowest BCUT2D eigenvalue weighted by Gasteiger charge is -2.42. The number of ether oxygens (including phenoxy) is 2. The molecule has 306 valence electrons. The van der Waals surface area contributed by atoms with E-state index in [4.69, 9.17) is 9.47 Å². The number of rotatable bonds is 1. The summed E-state index contributed by atoms with van der Waals surface area (Å²) in [7, 11) is 0. The lowest BCUT2D eigenvalue weighted by molar-refractivity contribution is -0.283. The molecule has 0 spiro atoms. The van der Waals surface area contributed by atoms with Crippen molar-refractivity contribution >= 4 is 11.9 Å². The van der Waals surface area contributed by atoms with Crippen molar-refractivity contribution in [1.29, 1.82) is 0 Å². The molecule has 13 heteroatoms. The Kier molecular flexibility index (Phi) is 21.4. The van der Waals surface area contributed by atoms with Gasteiger partial charge in [-0.2, -0.15) is 0 Å². The summed E-state index contributed by atoms with van der Waals surface area (Å²) in [5.74, 6) is -5.45. The van der Waals surface area contributed by atoms with Gasteiger partial charge in [0.15, 0.2) is 5.79 Å². The van der Waals surface area contributed by atoms with Crippen molar-refractivity contribution in [2.24, 2.45) is 17.8 Å². The molecule has 13 atom stereocenters. The second-order valence-corrected chi connectivity index (χ2v) is 14.8. The molecular formula is C41H64O13. The summed E-state index contributed by atoms with van der Waals surface area (Å²) in [6.45, 7) is 5.30. The molecule has 2 aliphatic heterocycles. The van der Waals surface area contributed by atoms with Crippen LogP contribution < -0.4 is 0 Å². The SMILES string of the molecule is C[C@@H]1[C@H](O)[C@@H](C)C=CC=CCCC=CC=CC=CC=C[C@H](O)C[C@@H]2O[C@@](O)(CC[C@H]2C(=O)O)C[C@@H](O)[C@H](O)CC[C@@H](O)C[C@@H](O)C[C@@H](O)CC(=O)O[C@H]1C. The molecule has 0 amide bonds. The second kappa shape index (κ2) is 24.5. The number of fused-ring (bicyclic) bond motifs is 2. The van der Waals surface area contributed by atoms with Crippen molar-refractivity contribution in [1.82, 2.24) is 0 Å². The van der Waals surface area contributed by atoms with E-state index in [1.165, 1.54) is 6.08 Å². The topological polar surface area (TPSA) is 235 Å². The molecule has 0 saturated carbocycles. The van der Waals surface area contributed by atoms with Crippen LogP contribution in [-0.2, 0) is 19.1 Å². The van der Waals surface area contributed by atoms with E-state index in [0.29, 0.717) is 0 Å². The summed E-state index contributed by atoms with van der Waals surface area (Å²) >= 11 is 0. The van der Waals surface area contributed by atoms with Gasteiger partial charge in [-0.05, 0) is 51.9 Å². The van der Waals surface area contributed by atoms with Gasteiger partial charge in [-0.15, -0.1) is 0 Å². The van der Waals surface area contributed by atoms with Crippen LogP contribution in [0.4, 0.5) is 0 Å². The Balaban J connectivity index is 2.12. The number of aliphatic hydroxyl groups excluding tert-OH is 7. The molecule has 1 saturated heterocycles. The molecular weight excluding hydrogens is 700 g/mol. The Hall–Kier alpha value is -2.98. The van der Waals surface area contributed by atoms with Crippen molar-refractivity contribution < 1.29 is 65.0 Å². The third-order valence-electron chi connectivity index (χ3n) is 10.0. The summed E-state index contributed by atoms with van der Waals surface area (Å²) in [6.07, 6.45) is 11.7. The highest BCUT2D eigenvalue weighted by Crippen LogP contribution is 2.37. The van der Waals surface area contributed by atoms with Gasteiger partial charge in [0.2, 0.25) is 0 Å². The minimum atomic E-state index is -1.97. The third-order valence-corrected chi connectivity index (χ3v) is 10.0. The zero-order valence-electron chi connectivity index (χ0n) is 31.8. The Morgan fingerprint density at radius 3 is 1.98 bits per heavy atom.